The Morgan fingerprint density at radius 2 is 1.80 bits per heavy atom. The van der Waals surface area contributed by atoms with Crippen LogP contribution in [0.5, 0.6) is 0 Å². The van der Waals surface area contributed by atoms with Gasteiger partial charge in [0.05, 0.1) is 13.2 Å². The molecule has 2 aromatic carbocycles. The summed E-state index contributed by atoms with van der Waals surface area (Å²) in [4.78, 5) is 4.33. The molecule has 0 aromatic heterocycles. The molecule has 0 spiro atoms. The van der Waals surface area contributed by atoms with Gasteiger partial charge in [0, 0.05) is 18.4 Å². The van der Waals surface area contributed by atoms with Crippen molar-refractivity contribution in [2.75, 3.05) is 12.4 Å². The lowest BCUT2D eigenvalue weighted by atomic mass is 10.2. The molecular weight excluding hydrogens is 250 g/mol. The molecule has 4 heteroatoms. The summed E-state index contributed by atoms with van der Waals surface area (Å²) in [6.45, 7) is 1.10. The van der Waals surface area contributed by atoms with Crippen LogP contribution in [0.3, 0.4) is 0 Å². The number of aliphatic imine (C=N–C) groups is 1. The second-order valence-corrected chi connectivity index (χ2v) is 4.40. The van der Waals surface area contributed by atoms with Crippen LogP contribution in [-0.4, -0.2) is 13.1 Å². The fraction of sp³-hybridized carbons (Fsp3) is 0.188. The minimum Gasteiger partial charge on any atom is -0.380 e. The fourth-order valence-corrected chi connectivity index (χ4v) is 1.86. The third kappa shape index (κ3) is 4.10. The molecule has 20 heavy (non-hydrogen) atoms. The number of hydrogen-bond acceptors (Lipinski definition) is 2. The zero-order valence-corrected chi connectivity index (χ0v) is 11.5. The minimum absolute atomic E-state index is 0.400. The van der Waals surface area contributed by atoms with Crippen molar-refractivity contribution < 1.29 is 4.74 Å². The van der Waals surface area contributed by atoms with E-state index in [4.69, 9.17) is 10.5 Å². The molecule has 0 saturated heterocycles. The Kier molecular flexibility index (Phi) is 5.15. The smallest absolute Gasteiger partial charge is 0.193 e. The first kappa shape index (κ1) is 14.1. The molecule has 0 saturated carbocycles. The molecular formula is C16H19N3O. The number of benzene rings is 2. The van der Waals surface area contributed by atoms with Crippen LogP contribution in [0.2, 0.25) is 0 Å². The van der Waals surface area contributed by atoms with E-state index >= 15 is 0 Å². The van der Waals surface area contributed by atoms with Gasteiger partial charge < -0.3 is 15.8 Å². The Morgan fingerprint density at radius 3 is 2.55 bits per heavy atom. The van der Waals surface area contributed by atoms with E-state index < -0.39 is 0 Å². The van der Waals surface area contributed by atoms with Crippen LogP contribution in [-0.2, 0) is 17.9 Å². The second-order valence-electron chi connectivity index (χ2n) is 4.40. The number of hydrogen-bond donors (Lipinski definition) is 2. The molecule has 0 heterocycles. The monoisotopic (exact) mass is 269 g/mol. The highest BCUT2D eigenvalue weighted by Crippen LogP contribution is 2.15. The van der Waals surface area contributed by atoms with Gasteiger partial charge in [-0.05, 0) is 11.6 Å². The van der Waals surface area contributed by atoms with E-state index in [1.165, 1.54) is 0 Å². The van der Waals surface area contributed by atoms with Crippen LogP contribution in [0.15, 0.2) is 59.6 Å². The molecule has 0 aliphatic carbocycles. The van der Waals surface area contributed by atoms with Crippen LogP contribution in [0.1, 0.15) is 11.1 Å². The number of anilines is 1. The normalized spacial score (nSPS) is 11.3. The lowest BCUT2D eigenvalue weighted by Gasteiger charge is -2.10. The molecule has 0 radical (unpaired) electrons. The van der Waals surface area contributed by atoms with Crippen molar-refractivity contribution in [3.8, 4) is 0 Å². The van der Waals surface area contributed by atoms with E-state index in [1.54, 1.807) is 7.11 Å². The zero-order valence-electron chi connectivity index (χ0n) is 11.5. The van der Waals surface area contributed by atoms with Crippen LogP contribution in [0.4, 0.5) is 5.69 Å². The number of nitrogens with one attached hydrogen (secondary N) is 1. The van der Waals surface area contributed by atoms with Gasteiger partial charge in [-0.15, -0.1) is 0 Å². The first-order valence-corrected chi connectivity index (χ1v) is 6.47. The molecule has 0 amide bonds. The van der Waals surface area contributed by atoms with Crippen molar-refractivity contribution in [1.82, 2.24) is 0 Å². The lowest BCUT2D eigenvalue weighted by Crippen LogP contribution is -2.23. The van der Waals surface area contributed by atoms with Gasteiger partial charge in [-0.3, -0.25) is 0 Å². The summed E-state index contributed by atoms with van der Waals surface area (Å²) >= 11 is 0. The number of para-hydroxylation sites is 1. The van der Waals surface area contributed by atoms with E-state index in [9.17, 15) is 0 Å². The predicted molar refractivity (Wildman–Crippen MR) is 82.5 cm³/mol. The van der Waals surface area contributed by atoms with Gasteiger partial charge in [-0.25, -0.2) is 4.99 Å². The summed E-state index contributed by atoms with van der Waals surface area (Å²) < 4.78 is 5.16. The summed E-state index contributed by atoms with van der Waals surface area (Å²) in [6.07, 6.45) is 0. The summed E-state index contributed by atoms with van der Waals surface area (Å²) in [7, 11) is 1.67. The van der Waals surface area contributed by atoms with Gasteiger partial charge in [-0.1, -0.05) is 48.5 Å². The maximum Gasteiger partial charge on any atom is 0.193 e. The quantitative estimate of drug-likeness (QED) is 0.648. The zero-order chi connectivity index (χ0) is 14.2. The molecule has 104 valence electrons. The van der Waals surface area contributed by atoms with E-state index in [2.05, 4.69) is 10.3 Å². The van der Waals surface area contributed by atoms with E-state index in [-0.39, 0.29) is 0 Å². The molecule has 0 aliphatic rings. The van der Waals surface area contributed by atoms with Gasteiger partial charge in [-0.2, -0.15) is 0 Å². The number of guanidine groups is 1. The molecule has 3 N–H and O–H groups in total. The number of ether oxygens (including phenoxy) is 1. The third-order valence-electron chi connectivity index (χ3n) is 2.85. The highest BCUT2D eigenvalue weighted by molar-refractivity contribution is 5.92. The van der Waals surface area contributed by atoms with Crippen molar-refractivity contribution in [2.24, 2.45) is 10.7 Å². The van der Waals surface area contributed by atoms with E-state index in [1.807, 2.05) is 54.6 Å². The van der Waals surface area contributed by atoms with Crippen LogP contribution < -0.4 is 11.1 Å². The lowest BCUT2D eigenvalue weighted by molar-refractivity contribution is 0.185. The summed E-state index contributed by atoms with van der Waals surface area (Å²) in [5.41, 5.74) is 9.01. The molecule has 2 aromatic rings. The van der Waals surface area contributed by atoms with Crippen molar-refractivity contribution in [3.63, 3.8) is 0 Å². The average molecular weight is 269 g/mol. The van der Waals surface area contributed by atoms with Crippen molar-refractivity contribution in [3.05, 3.63) is 65.7 Å². The number of rotatable bonds is 5. The predicted octanol–water partition coefficient (Wildman–Crippen LogP) is 2.76. The van der Waals surface area contributed by atoms with Crippen LogP contribution in [0.25, 0.3) is 0 Å². The topological polar surface area (TPSA) is 59.6 Å². The van der Waals surface area contributed by atoms with Gasteiger partial charge in [0.25, 0.3) is 0 Å². The average Bonchev–Trinajstić information content (AvgIpc) is 2.49. The van der Waals surface area contributed by atoms with E-state index in [0.717, 1.165) is 16.8 Å². The summed E-state index contributed by atoms with van der Waals surface area (Å²) in [5.74, 6) is 0.400. The van der Waals surface area contributed by atoms with Gasteiger partial charge in [0.2, 0.25) is 0 Å². The van der Waals surface area contributed by atoms with Crippen molar-refractivity contribution >= 4 is 11.6 Å². The largest absolute Gasteiger partial charge is 0.380 e. The van der Waals surface area contributed by atoms with Gasteiger partial charge in [0.1, 0.15) is 0 Å². The van der Waals surface area contributed by atoms with E-state index in [0.29, 0.717) is 19.1 Å². The third-order valence-corrected chi connectivity index (χ3v) is 2.85. The maximum atomic E-state index is 5.92. The van der Waals surface area contributed by atoms with Crippen molar-refractivity contribution in [1.29, 1.82) is 0 Å². The maximum absolute atomic E-state index is 5.92. The minimum atomic E-state index is 0.400. The Bertz CT molecular complexity index is 567. The number of nitrogens with two attached hydrogens (primary N) is 1. The van der Waals surface area contributed by atoms with Crippen LogP contribution in [0, 0.1) is 0 Å². The summed E-state index contributed by atoms with van der Waals surface area (Å²) in [6, 6.07) is 17.9. The molecule has 4 nitrogen and oxygen atoms in total. The SMILES string of the molecule is COCc1ccccc1NC(N)=NCc1ccccc1. The molecule has 2 rings (SSSR count). The highest BCUT2D eigenvalue weighted by Gasteiger charge is 2.02. The standard InChI is InChI=1S/C16H19N3O/c1-20-12-14-9-5-6-10-15(14)19-16(17)18-11-13-7-3-2-4-8-13/h2-10H,11-12H2,1H3,(H3,17,18,19). The van der Waals surface area contributed by atoms with Crippen molar-refractivity contribution in [2.45, 2.75) is 13.2 Å². The highest BCUT2D eigenvalue weighted by atomic mass is 16.5. The Labute approximate surface area is 119 Å². The molecule has 0 bridgehead atoms. The first-order chi connectivity index (χ1) is 9.79. The Morgan fingerprint density at radius 1 is 1.10 bits per heavy atom. The Hall–Kier alpha value is -2.33. The Balaban J connectivity index is 2.02. The second kappa shape index (κ2) is 7.31. The molecule has 0 unspecified atom stereocenters. The molecule has 0 atom stereocenters. The first-order valence-electron chi connectivity index (χ1n) is 6.47. The summed E-state index contributed by atoms with van der Waals surface area (Å²) in [5, 5.41) is 3.11. The van der Waals surface area contributed by atoms with Gasteiger partial charge in [0.15, 0.2) is 5.96 Å². The number of methoxy groups -OCH3 is 1. The molecule has 0 aliphatic heterocycles. The van der Waals surface area contributed by atoms with Crippen LogP contribution >= 0.6 is 0 Å². The van der Waals surface area contributed by atoms with Gasteiger partial charge >= 0.3 is 0 Å². The fourth-order valence-electron chi connectivity index (χ4n) is 1.86. The molecule has 0 fully saturated rings. The number of nitrogens with zero attached hydrogens (tertiary/aromatic N) is 1.